The molecule has 0 radical (unpaired) electrons. The van der Waals surface area contributed by atoms with Crippen molar-refractivity contribution in [1.29, 1.82) is 0 Å². The molecule has 25 heavy (non-hydrogen) atoms. The van der Waals surface area contributed by atoms with E-state index in [4.69, 9.17) is 23.2 Å². The maximum atomic E-state index is 10.4. The minimum atomic E-state index is 0.107. The number of nitrogens with zero attached hydrogens (tertiary/aromatic N) is 3. The molecule has 0 aliphatic heterocycles. The number of hydrogen-bond donors (Lipinski definition) is 2. The highest BCUT2D eigenvalue weighted by Crippen LogP contribution is 2.38. The van der Waals surface area contributed by atoms with Crippen LogP contribution < -0.4 is 5.32 Å². The van der Waals surface area contributed by atoms with Gasteiger partial charge in [0.15, 0.2) is 0 Å². The third-order valence-electron chi connectivity index (χ3n) is 4.69. The Labute approximate surface area is 155 Å². The van der Waals surface area contributed by atoms with Gasteiger partial charge in [-0.2, -0.15) is 0 Å². The SMILES string of the molecule is CC(C)n1cc2c(NC3CCc4cc(Cl)ccc43)nc(Cl)nc2c1O. The summed E-state index contributed by atoms with van der Waals surface area (Å²) in [6, 6.07) is 6.21. The largest absolute Gasteiger partial charge is 0.493 e. The fourth-order valence-corrected chi connectivity index (χ4v) is 3.83. The first-order chi connectivity index (χ1) is 11.9. The van der Waals surface area contributed by atoms with Crippen LogP contribution in [0.4, 0.5) is 5.82 Å². The van der Waals surface area contributed by atoms with Gasteiger partial charge in [0.1, 0.15) is 11.3 Å². The van der Waals surface area contributed by atoms with Gasteiger partial charge in [0.25, 0.3) is 0 Å². The smallest absolute Gasteiger partial charge is 0.225 e. The molecule has 0 spiro atoms. The zero-order valence-corrected chi connectivity index (χ0v) is 15.4. The van der Waals surface area contributed by atoms with E-state index in [-0.39, 0.29) is 23.2 Å². The van der Waals surface area contributed by atoms with E-state index in [2.05, 4.69) is 21.4 Å². The molecule has 1 unspecified atom stereocenters. The van der Waals surface area contributed by atoms with Gasteiger partial charge in [-0.3, -0.25) is 0 Å². The zero-order chi connectivity index (χ0) is 17.7. The van der Waals surface area contributed by atoms with Crippen LogP contribution in [0, 0.1) is 0 Å². The van der Waals surface area contributed by atoms with Gasteiger partial charge >= 0.3 is 0 Å². The van der Waals surface area contributed by atoms with E-state index in [1.54, 1.807) is 4.57 Å². The van der Waals surface area contributed by atoms with Crippen LogP contribution in [0.5, 0.6) is 5.88 Å². The lowest BCUT2D eigenvalue weighted by molar-refractivity contribution is 0.404. The van der Waals surface area contributed by atoms with Crippen LogP contribution in [0.2, 0.25) is 10.3 Å². The molecule has 2 N–H and O–H groups in total. The number of hydrogen-bond acceptors (Lipinski definition) is 4. The van der Waals surface area contributed by atoms with Crippen LogP contribution in [0.1, 0.15) is 43.5 Å². The normalized spacial score (nSPS) is 16.6. The Morgan fingerprint density at radius 3 is 2.84 bits per heavy atom. The minimum Gasteiger partial charge on any atom is -0.493 e. The number of aromatic nitrogens is 3. The summed E-state index contributed by atoms with van der Waals surface area (Å²) in [6.07, 6.45) is 3.79. The predicted molar refractivity (Wildman–Crippen MR) is 101 cm³/mol. The number of anilines is 1. The first-order valence-electron chi connectivity index (χ1n) is 8.26. The number of fused-ring (bicyclic) bond motifs is 2. The van der Waals surface area contributed by atoms with Crippen molar-refractivity contribution in [3.63, 3.8) is 0 Å². The molecule has 0 fully saturated rings. The van der Waals surface area contributed by atoms with Crippen molar-refractivity contribution in [3.8, 4) is 5.88 Å². The molecule has 3 aromatic rings. The number of nitrogens with one attached hydrogen (secondary N) is 1. The lowest BCUT2D eigenvalue weighted by Crippen LogP contribution is -2.09. The van der Waals surface area contributed by atoms with Gasteiger partial charge in [0, 0.05) is 17.3 Å². The zero-order valence-electron chi connectivity index (χ0n) is 13.9. The summed E-state index contributed by atoms with van der Waals surface area (Å²) >= 11 is 12.2. The second kappa shape index (κ2) is 6.07. The van der Waals surface area contributed by atoms with E-state index in [0.29, 0.717) is 11.3 Å². The monoisotopic (exact) mass is 376 g/mol. The molecule has 0 saturated carbocycles. The summed E-state index contributed by atoms with van der Waals surface area (Å²) in [5, 5.41) is 15.5. The predicted octanol–water partition coefficient (Wildman–Crippen LogP) is 5.12. The van der Waals surface area contributed by atoms with Gasteiger partial charge in [-0.15, -0.1) is 0 Å². The first kappa shape index (κ1) is 16.5. The van der Waals surface area contributed by atoms with Crippen LogP contribution >= 0.6 is 23.2 Å². The Kier molecular flexibility index (Phi) is 4.01. The summed E-state index contributed by atoms with van der Waals surface area (Å²) in [7, 11) is 0. The van der Waals surface area contributed by atoms with Crippen molar-refractivity contribution in [2.24, 2.45) is 0 Å². The molecule has 1 aromatic carbocycles. The standard InChI is InChI=1S/C18H18Cl2N4O/c1-9(2)24-8-13-15(17(24)25)22-18(20)23-16(13)21-14-6-3-10-7-11(19)4-5-12(10)14/h4-5,7-9,14,25H,3,6H2,1-2H3,(H,21,22,23). The van der Waals surface area contributed by atoms with Crippen LogP contribution in [0.25, 0.3) is 10.9 Å². The number of benzene rings is 1. The quantitative estimate of drug-likeness (QED) is 0.622. The van der Waals surface area contributed by atoms with Crippen LogP contribution in [0.15, 0.2) is 24.4 Å². The Morgan fingerprint density at radius 2 is 2.08 bits per heavy atom. The number of aromatic hydroxyl groups is 1. The van der Waals surface area contributed by atoms with Gasteiger partial charge in [-0.25, -0.2) is 9.97 Å². The van der Waals surface area contributed by atoms with Crippen molar-refractivity contribution >= 4 is 39.9 Å². The van der Waals surface area contributed by atoms with E-state index in [0.717, 1.165) is 23.3 Å². The Bertz CT molecular complexity index is 967. The molecule has 1 aliphatic rings. The third-order valence-corrected chi connectivity index (χ3v) is 5.10. The molecule has 2 aromatic heterocycles. The van der Waals surface area contributed by atoms with Crippen molar-refractivity contribution < 1.29 is 5.11 Å². The van der Waals surface area contributed by atoms with Gasteiger partial charge in [-0.05, 0) is 61.5 Å². The Balaban J connectivity index is 1.77. The van der Waals surface area contributed by atoms with Gasteiger partial charge in [0.05, 0.1) is 11.4 Å². The molecule has 7 heteroatoms. The van der Waals surface area contributed by atoms with Gasteiger partial charge in [0.2, 0.25) is 11.2 Å². The molecule has 0 saturated heterocycles. The fraction of sp³-hybridized carbons (Fsp3) is 0.333. The Hall–Kier alpha value is -1.98. The summed E-state index contributed by atoms with van der Waals surface area (Å²) in [5.41, 5.74) is 2.94. The maximum Gasteiger partial charge on any atom is 0.225 e. The average molecular weight is 377 g/mol. The van der Waals surface area contributed by atoms with E-state index in [9.17, 15) is 5.11 Å². The van der Waals surface area contributed by atoms with Crippen molar-refractivity contribution in [2.45, 2.75) is 38.8 Å². The van der Waals surface area contributed by atoms with E-state index in [1.807, 2.05) is 32.2 Å². The summed E-state index contributed by atoms with van der Waals surface area (Å²) in [6.45, 7) is 4.00. The van der Waals surface area contributed by atoms with Crippen molar-refractivity contribution in [1.82, 2.24) is 14.5 Å². The third kappa shape index (κ3) is 2.81. The minimum absolute atomic E-state index is 0.107. The lowest BCUT2D eigenvalue weighted by Gasteiger charge is -2.15. The highest BCUT2D eigenvalue weighted by Gasteiger charge is 2.25. The van der Waals surface area contributed by atoms with Gasteiger partial charge in [-0.1, -0.05) is 17.7 Å². The molecule has 0 bridgehead atoms. The molecule has 0 amide bonds. The number of aryl methyl sites for hydroxylation is 1. The maximum absolute atomic E-state index is 10.4. The Morgan fingerprint density at radius 1 is 1.28 bits per heavy atom. The second-order valence-corrected chi connectivity index (χ2v) is 7.41. The highest BCUT2D eigenvalue weighted by atomic mass is 35.5. The topological polar surface area (TPSA) is 63.0 Å². The first-order valence-corrected chi connectivity index (χ1v) is 9.01. The molecule has 130 valence electrons. The van der Waals surface area contributed by atoms with E-state index < -0.39 is 0 Å². The summed E-state index contributed by atoms with van der Waals surface area (Å²) in [5.74, 6) is 0.744. The molecular formula is C18H18Cl2N4O. The molecule has 5 nitrogen and oxygen atoms in total. The molecule has 1 atom stereocenters. The van der Waals surface area contributed by atoms with Crippen molar-refractivity contribution in [2.75, 3.05) is 5.32 Å². The molecule has 1 aliphatic carbocycles. The average Bonchev–Trinajstić information content (AvgIpc) is 3.09. The molecule has 2 heterocycles. The summed E-state index contributed by atoms with van der Waals surface area (Å²) in [4.78, 5) is 8.56. The fourth-order valence-electron chi connectivity index (χ4n) is 3.46. The van der Waals surface area contributed by atoms with Crippen LogP contribution in [-0.4, -0.2) is 19.6 Å². The lowest BCUT2D eigenvalue weighted by atomic mass is 10.1. The van der Waals surface area contributed by atoms with E-state index in [1.165, 1.54) is 11.1 Å². The van der Waals surface area contributed by atoms with E-state index >= 15 is 0 Å². The highest BCUT2D eigenvalue weighted by molar-refractivity contribution is 6.30. The molecular weight excluding hydrogens is 359 g/mol. The number of halogens is 2. The summed E-state index contributed by atoms with van der Waals surface area (Å²) < 4.78 is 1.77. The van der Waals surface area contributed by atoms with Crippen molar-refractivity contribution in [3.05, 3.63) is 45.8 Å². The molecule has 4 rings (SSSR count). The number of rotatable bonds is 3. The second-order valence-electron chi connectivity index (χ2n) is 6.64. The van der Waals surface area contributed by atoms with Crippen LogP contribution in [-0.2, 0) is 6.42 Å². The van der Waals surface area contributed by atoms with Crippen LogP contribution in [0.3, 0.4) is 0 Å². The van der Waals surface area contributed by atoms with Gasteiger partial charge < -0.3 is 15.0 Å².